The van der Waals surface area contributed by atoms with Crippen LogP contribution in [-0.2, 0) is 9.59 Å². The maximum atomic E-state index is 13.1. The van der Waals surface area contributed by atoms with Gasteiger partial charge in [-0.05, 0) is 30.5 Å². The molecule has 1 aliphatic rings. The Morgan fingerprint density at radius 3 is 2.75 bits per heavy atom. The second kappa shape index (κ2) is 5.79. The molecule has 0 spiro atoms. The van der Waals surface area contributed by atoms with Crippen LogP contribution in [0.15, 0.2) is 18.2 Å². The molecule has 0 bridgehead atoms. The van der Waals surface area contributed by atoms with Crippen LogP contribution < -0.4 is 10.2 Å². The molecular formula is C14H16ClFN2O2. The van der Waals surface area contributed by atoms with Crippen molar-refractivity contribution in [1.29, 1.82) is 0 Å². The fourth-order valence-corrected chi connectivity index (χ4v) is 2.52. The summed E-state index contributed by atoms with van der Waals surface area (Å²) in [7, 11) is 0. The molecule has 0 saturated carbocycles. The van der Waals surface area contributed by atoms with Gasteiger partial charge in [-0.1, -0.05) is 25.4 Å². The summed E-state index contributed by atoms with van der Waals surface area (Å²) in [4.78, 5) is 25.5. The number of nitrogens with zero attached hydrogens (tertiary/aromatic N) is 1. The standard InChI is InChI=1S/C14H16ClFN2O2/c1-8(2)5-11-14(20)18(7-13(19)17-11)12-4-3-9(16)6-10(12)15/h3-4,6,8,11H,5,7H2,1-2H3,(H,17,19). The number of benzene rings is 1. The number of piperazine rings is 1. The average Bonchev–Trinajstić information content (AvgIpc) is 2.33. The third kappa shape index (κ3) is 3.10. The van der Waals surface area contributed by atoms with E-state index in [0.29, 0.717) is 12.1 Å². The SMILES string of the molecule is CC(C)CC1NC(=O)CN(c2ccc(F)cc2Cl)C1=O. The first-order valence-corrected chi connectivity index (χ1v) is 6.82. The van der Waals surface area contributed by atoms with E-state index in [0.717, 1.165) is 6.07 Å². The molecule has 108 valence electrons. The van der Waals surface area contributed by atoms with Gasteiger partial charge >= 0.3 is 0 Å². The Labute approximate surface area is 121 Å². The molecule has 2 rings (SSSR count). The number of nitrogens with one attached hydrogen (secondary N) is 1. The largest absolute Gasteiger partial charge is 0.343 e. The summed E-state index contributed by atoms with van der Waals surface area (Å²) < 4.78 is 13.1. The van der Waals surface area contributed by atoms with E-state index in [9.17, 15) is 14.0 Å². The number of hydrogen-bond acceptors (Lipinski definition) is 2. The van der Waals surface area contributed by atoms with Crippen LogP contribution in [0.3, 0.4) is 0 Å². The number of rotatable bonds is 3. The van der Waals surface area contributed by atoms with Crippen LogP contribution in [0.1, 0.15) is 20.3 Å². The van der Waals surface area contributed by atoms with Crippen LogP contribution in [0.4, 0.5) is 10.1 Å². The second-order valence-electron chi connectivity index (χ2n) is 5.27. The molecule has 6 heteroatoms. The third-order valence-corrected chi connectivity index (χ3v) is 3.41. The Hall–Kier alpha value is -1.62. The molecular weight excluding hydrogens is 283 g/mol. The van der Waals surface area contributed by atoms with Gasteiger partial charge in [0.25, 0.3) is 0 Å². The Balaban J connectivity index is 2.30. The van der Waals surface area contributed by atoms with Gasteiger partial charge in [-0.2, -0.15) is 0 Å². The van der Waals surface area contributed by atoms with Gasteiger partial charge in [-0.25, -0.2) is 4.39 Å². The fraction of sp³-hybridized carbons (Fsp3) is 0.429. The highest BCUT2D eigenvalue weighted by molar-refractivity contribution is 6.34. The lowest BCUT2D eigenvalue weighted by Crippen LogP contribution is -2.58. The zero-order valence-electron chi connectivity index (χ0n) is 11.3. The van der Waals surface area contributed by atoms with Gasteiger partial charge in [-0.15, -0.1) is 0 Å². The van der Waals surface area contributed by atoms with Crippen LogP contribution in [0.5, 0.6) is 0 Å². The number of amides is 2. The van der Waals surface area contributed by atoms with E-state index in [1.807, 2.05) is 13.8 Å². The molecule has 1 atom stereocenters. The Kier molecular flexibility index (Phi) is 4.28. The van der Waals surface area contributed by atoms with E-state index in [4.69, 9.17) is 11.6 Å². The van der Waals surface area contributed by atoms with E-state index < -0.39 is 11.9 Å². The highest BCUT2D eigenvalue weighted by atomic mass is 35.5. The lowest BCUT2D eigenvalue weighted by Gasteiger charge is -2.33. The molecule has 0 aliphatic carbocycles. The van der Waals surface area contributed by atoms with Crippen molar-refractivity contribution in [3.63, 3.8) is 0 Å². The molecule has 1 aromatic rings. The average molecular weight is 299 g/mol. The number of carbonyl (C=O) groups is 2. The number of hydrogen-bond donors (Lipinski definition) is 1. The van der Waals surface area contributed by atoms with Crippen molar-refractivity contribution < 1.29 is 14.0 Å². The molecule has 0 radical (unpaired) electrons. The van der Waals surface area contributed by atoms with Gasteiger partial charge in [0, 0.05) is 0 Å². The first kappa shape index (κ1) is 14.8. The third-order valence-electron chi connectivity index (χ3n) is 3.11. The van der Waals surface area contributed by atoms with E-state index >= 15 is 0 Å². The van der Waals surface area contributed by atoms with Gasteiger partial charge in [0.05, 0.1) is 10.7 Å². The van der Waals surface area contributed by atoms with E-state index in [1.54, 1.807) is 0 Å². The minimum Gasteiger partial charge on any atom is -0.343 e. The molecule has 1 fully saturated rings. The zero-order valence-corrected chi connectivity index (χ0v) is 12.1. The predicted octanol–water partition coefficient (Wildman–Crippen LogP) is 2.36. The van der Waals surface area contributed by atoms with Crippen LogP contribution in [0.2, 0.25) is 5.02 Å². The maximum absolute atomic E-state index is 13.1. The van der Waals surface area contributed by atoms with Crippen LogP contribution >= 0.6 is 11.6 Å². The second-order valence-corrected chi connectivity index (χ2v) is 5.68. The van der Waals surface area contributed by atoms with Crippen LogP contribution in [-0.4, -0.2) is 24.4 Å². The van der Waals surface area contributed by atoms with Crippen molar-refractivity contribution >= 4 is 29.1 Å². The van der Waals surface area contributed by atoms with Gasteiger partial charge in [0.2, 0.25) is 11.8 Å². The summed E-state index contributed by atoms with van der Waals surface area (Å²) in [6, 6.07) is 3.21. The number of halogens is 2. The smallest absolute Gasteiger partial charge is 0.250 e. The normalized spacial score (nSPS) is 19.4. The summed E-state index contributed by atoms with van der Waals surface area (Å²) in [6.07, 6.45) is 0.555. The van der Waals surface area contributed by atoms with E-state index in [2.05, 4.69) is 5.32 Å². The van der Waals surface area contributed by atoms with Gasteiger partial charge in [-0.3, -0.25) is 14.5 Å². The van der Waals surface area contributed by atoms with Crippen LogP contribution in [0, 0.1) is 11.7 Å². The van der Waals surface area contributed by atoms with Crippen molar-refractivity contribution in [2.45, 2.75) is 26.3 Å². The molecule has 1 unspecified atom stereocenters. The first-order chi connectivity index (χ1) is 9.38. The molecule has 1 N–H and O–H groups in total. The van der Waals surface area contributed by atoms with Crippen LogP contribution in [0.25, 0.3) is 0 Å². The van der Waals surface area contributed by atoms with Gasteiger partial charge in [0.1, 0.15) is 18.4 Å². The monoisotopic (exact) mass is 298 g/mol. The van der Waals surface area contributed by atoms with Crippen molar-refractivity contribution in [1.82, 2.24) is 5.32 Å². The Morgan fingerprint density at radius 2 is 2.15 bits per heavy atom. The quantitative estimate of drug-likeness (QED) is 0.931. The van der Waals surface area contributed by atoms with Gasteiger partial charge in [0.15, 0.2) is 0 Å². The van der Waals surface area contributed by atoms with Crippen molar-refractivity contribution in [2.24, 2.45) is 5.92 Å². The molecule has 1 aliphatic heterocycles. The highest BCUT2D eigenvalue weighted by Gasteiger charge is 2.34. The van der Waals surface area contributed by atoms with E-state index in [-0.39, 0.29) is 29.3 Å². The van der Waals surface area contributed by atoms with Crippen molar-refractivity contribution in [3.05, 3.63) is 29.0 Å². The van der Waals surface area contributed by atoms with Crippen molar-refractivity contribution in [3.8, 4) is 0 Å². The Morgan fingerprint density at radius 1 is 1.45 bits per heavy atom. The summed E-state index contributed by atoms with van der Waals surface area (Å²) in [5.41, 5.74) is 0.363. The fourth-order valence-electron chi connectivity index (χ4n) is 2.25. The lowest BCUT2D eigenvalue weighted by molar-refractivity contribution is -0.131. The Bertz CT molecular complexity index is 548. The minimum atomic E-state index is -0.558. The molecule has 4 nitrogen and oxygen atoms in total. The predicted molar refractivity (Wildman–Crippen MR) is 75.1 cm³/mol. The maximum Gasteiger partial charge on any atom is 0.250 e. The van der Waals surface area contributed by atoms with E-state index in [1.165, 1.54) is 17.0 Å². The molecule has 1 aromatic carbocycles. The molecule has 1 saturated heterocycles. The molecule has 2 amide bonds. The lowest BCUT2D eigenvalue weighted by atomic mass is 10.0. The minimum absolute atomic E-state index is 0.0984. The summed E-state index contributed by atoms with van der Waals surface area (Å²) in [5, 5.41) is 2.80. The van der Waals surface area contributed by atoms with Crippen molar-refractivity contribution in [2.75, 3.05) is 11.4 Å². The highest BCUT2D eigenvalue weighted by Crippen LogP contribution is 2.28. The number of anilines is 1. The van der Waals surface area contributed by atoms with Gasteiger partial charge < -0.3 is 5.32 Å². The molecule has 20 heavy (non-hydrogen) atoms. The summed E-state index contributed by atoms with van der Waals surface area (Å²) in [5.74, 6) is -0.665. The first-order valence-electron chi connectivity index (χ1n) is 6.44. The topological polar surface area (TPSA) is 49.4 Å². The molecule has 1 heterocycles. The number of carbonyl (C=O) groups excluding carboxylic acids is 2. The zero-order chi connectivity index (χ0) is 14.9. The molecule has 0 aromatic heterocycles. The summed E-state index contributed by atoms with van der Waals surface area (Å²) in [6.45, 7) is 3.85. The summed E-state index contributed by atoms with van der Waals surface area (Å²) >= 11 is 5.96.